The lowest BCUT2D eigenvalue weighted by atomic mass is 10.0. The summed E-state index contributed by atoms with van der Waals surface area (Å²) < 4.78 is 4.78. The Hall–Kier alpha value is -2.42. The van der Waals surface area contributed by atoms with Crippen LogP contribution >= 0.6 is 0 Å². The van der Waals surface area contributed by atoms with Gasteiger partial charge in [-0.05, 0) is 39.2 Å². The summed E-state index contributed by atoms with van der Waals surface area (Å²) in [6.45, 7) is 9.87. The van der Waals surface area contributed by atoms with E-state index in [1.54, 1.807) is 4.90 Å². The zero-order chi connectivity index (χ0) is 25.1. The number of carbonyl (C=O) groups excluding carboxylic acids is 4. The fourth-order valence-electron chi connectivity index (χ4n) is 3.80. The van der Waals surface area contributed by atoms with E-state index in [0.717, 1.165) is 6.42 Å². The molecule has 1 rings (SSSR count). The van der Waals surface area contributed by atoms with Crippen molar-refractivity contribution in [2.45, 2.75) is 84.5 Å². The Labute approximate surface area is 198 Å². The van der Waals surface area contributed by atoms with Crippen LogP contribution in [-0.2, 0) is 23.9 Å². The summed E-state index contributed by atoms with van der Waals surface area (Å²) in [5.74, 6) is -1.96. The number of hydrogen-bond acceptors (Lipinski definition) is 6. The summed E-state index contributed by atoms with van der Waals surface area (Å²) in [6.07, 6.45) is 6.20. The molecule has 9 heteroatoms. The lowest BCUT2D eigenvalue weighted by Crippen LogP contribution is -2.57. The smallest absolute Gasteiger partial charge is 0.328 e. The minimum Gasteiger partial charge on any atom is -0.467 e. The molecule has 1 saturated heterocycles. The maximum atomic E-state index is 13.1. The van der Waals surface area contributed by atoms with Crippen LogP contribution in [0.2, 0.25) is 0 Å². The number of ether oxygens (including phenoxy) is 1. The molecule has 0 aromatic heterocycles. The molecule has 33 heavy (non-hydrogen) atoms. The Balaban J connectivity index is 2.88. The second-order valence-electron chi connectivity index (χ2n) is 9.04. The average molecular weight is 467 g/mol. The van der Waals surface area contributed by atoms with Crippen LogP contribution in [0.4, 0.5) is 0 Å². The maximum Gasteiger partial charge on any atom is 0.328 e. The van der Waals surface area contributed by atoms with Crippen molar-refractivity contribution in [3.8, 4) is 0 Å². The molecule has 3 N–H and O–H groups in total. The van der Waals surface area contributed by atoms with E-state index in [1.165, 1.54) is 7.11 Å². The zero-order valence-electron chi connectivity index (χ0n) is 21.1. The van der Waals surface area contributed by atoms with Crippen molar-refractivity contribution in [2.24, 2.45) is 11.8 Å². The summed E-state index contributed by atoms with van der Waals surface area (Å²) in [6, 6.07) is -2.06. The van der Waals surface area contributed by atoms with Gasteiger partial charge in [0.1, 0.15) is 18.1 Å². The number of nitrogens with one attached hydrogen (secondary N) is 3. The number of nitrogens with zero attached hydrogens (tertiary/aromatic N) is 1. The van der Waals surface area contributed by atoms with Crippen molar-refractivity contribution >= 4 is 23.7 Å². The molecule has 9 nitrogen and oxygen atoms in total. The van der Waals surface area contributed by atoms with Crippen molar-refractivity contribution in [3.63, 3.8) is 0 Å². The quantitative estimate of drug-likeness (QED) is 0.296. The van der Waals surface area contributed by atoms with Crippen LogP contribution in [0.3, 0.4) is 0 Å². The number of likely N-dealkylation sites (tertiary alicyclic amines) is 1. The highest BCUT2D eigenvalue weighted by Gasteiger charge is 2.38. The number of esters is 1. The Morgan fingerprint density at radius 1 is 1.09 bits per heavy atom. The molecule has 1 unspecified atom stereocenters. The standard InChI is InChI=1S/C24H42N4O5/c1-8-10-18(24(32)33-7)26-22(30)20(15(2)3)27-21(29)19-11-9-14-28(19)23(31)16(4)12-13-17(5)25-6/h12-13,15-20,25H,8-11,14H2,1-7H3,(H,26,30)(H,27,29)/b13-12+/t16-,17-,18-,19?,20-/m0/s1. The first-order chi connectivity index (χ1) is 15.6. The molecule has 0 bridgehead atoms. The normalized spacial score (nSPS) is 19.8. The highest BCUT2D eigenvalue weighted by Crippen LogP contribution is 2.21. The van der Waals surface area contributed by atoms with Gasteiger partial charge in [0, 0.05) is 12.6 Å². The van der Waals surface area contributed by atoms with E-state index in [1.807, 2.05) is 53.8 Å². The van der Waals surface area contributed by atoms with E-state index in [4.69, 9.17) is 4.74 Å². The maximum absolute atomic E-state index is 13.1. The van der Waals surface area contributed by atoms with E-state index in [9.17, 15) is 19.2 Å². The Kier molecular flexibility index (Phi) is 12.1. The van der Waals surface area contributed by atoms with Gasteiger partial charge >= 0.3 is 5.97 Å². The molecule has 0 aliphatic carbocycles. The number of rotatable bonds is 12. The predicted molar refractivity (Wildman–Crippen MR) is 127 cm³/mol. The third-order valence-corrected chi connectivity index (χ3v) is 6.00. The van der Waals surface area contributed by atoms with Crippen LogP contribution in [0, 0.1) is 11.8 Å². The SMILES string of the molecule is CCC[C@H](NC(=O)[C@@H](NC(=O)C1CCCN1C(=O)[C@@H](C)/C=C/[C@H](C)NC)C(C)C)C(=O)OC. The van der Waals surface area contributed by atoms with Gasteiger partial charge in [-0.1, -0.05) is 46.3 Å². The predicted octanol–water partition coefficient (Wildman–Crippen LogP) is 1.38. The van der Waals surface area contributed by atoms with Crippen molar-refractivity contribution in [1.82, 2.24) is 20.9 Å². The molecule has 3 amide bonds. The van der Waals surface area contributed by atoms with Gasteiger partial charge in [0.15, 0.2) is 0 Å². The number of amides is 3. The average Bonchev–Trinajstić information content (AvgIpc) is 3.28. The van der Waals surface area contributed by atoms with E-state index in [2.05, 4.69) is 16.0 Å². The third kappa shape index (κ3) is 8.46. The number of hydrogen-bond donors (Lipinski definition) is 3. The molecule has 0 saturated carbocycles. The first-order valence-corrected chi connectivity index (χ1v) is 11.9. The summed E-state index contributed by atoms with van der Waals surface area (Å²) in [4.78, 5) is 52.6. The fourth-order valence-corrected chi connectivity index (χ4v) is 3.80. The van der Waals surface area contributed by atoms with Gasteiger partial charge in [-0.3, -0.25) is 14.4 Å². The van der Waals surface area contributed by atoms with Gasteiger partial charge < -0.3 is 25.6 Å². The van der Waals surface area contributed by atoms with Crippen molar-refractivity contribution in [1.29, 1.82) is 0 Å². The fraction of sp³-hybridized carbons (Fsp3) is 0.750. The molecule has 5 atom stereocenters. The number of carbonyl (C=O) groups is 4. The molecule has 0 spiro atoms. The molecule has 0 aromatic rings. The van der Waals surface area contributed by atoms with Gasteiger partial charge in [0.25, 0.3) is 0 Å². The molecule has 1 aliphatic heterocycles. The minimum absolute atomic E-state index is 0.105. The first-order valence-electron chi connectivity index (χ1n) is 11.9. The van der Waals surface area contributed by atoms with E-state index < -0.39 is 30.0 Å². The molecule has 188 valence electrons. The van der Waals surface area contributed by atoms with Gasteiger partial charge in [-0.2, -0.15) is 0 Å². The monoisotopic (exact) mass is 466 g/mol. The second-order valence-corrected chi connectivity index (χ2v) is 9.04. The van der Waals surface area contributed by atoms with Crippen LogP contribution in [0.1, 0.15) is 60.3 Å². The lowest BCUT2D eigenvalue weighted by molar-refractivity contribution is -0.146. The topological polar surface area (TPSA) is 117 Å². The summed E-state index contributed by atoms with van der Waals surface area (Å²) in [7, 11) is 3.12. The van der Waals surface area contributed by atoms with Gasteiger partial charge in [0.2, 0.25) is 17.7 Å². The lowest BCUT2D eigenvalue weighted by Gasteiger charge is -2.29. The molecule has 1 fully saturated rings. The van der Waals surface area contributed by atoms with Crippen molar-refractivity contribution < 1.29 is 23.9 Å². The van der Waals surface area contributed by atoms with Crippen LogP contribution in [-0.4, -0.2) is 73.5 Å². The Morgan fingerprint density at radius 2 is 1.76 bits per heavy atom. The highest BCUT2D eigenvalue weighted by atomic mass is 16.5. The van der Waals surface area contributed by atoms with E-state index in [0.29, 0.717) is 25.8 Å². The number of methoxy groups -OCH3 is 1. The largest absolute Gasteiger partial charge is 0.467 e. The summed E-state index contributed by atoms with van der Waals surface area (Å²) in [5.41, 5.74) is 0. The van der Waals surface area contributed by atoms with Crippen LogP contribution < -0.4 is 16.0 Å². The zero-order valence-corrected chi connectivity index (χ0v) is 21.1. The van der Waals surface area contributed by atoms with Gasteiger partial charge in [0.05, 0.1) is 13.0 Å². The minimum atomic E-state index is -0.826. The van der Waals surface area contributed by atoms with Crippen molar-refractivity contribution in [3.05, 3.63) is 12.2 Å². The second kappa shape index (κ2) is 14.0. The van der Waals surface area contributed by atoms with E-state index in [-0.39, 0.29) is 29.7 Å². The van der Waals surface area contributed by atoms with Gasteiger partial charge in [-0.25, -0.2) is 4.79 Å². The van der Waals surface area contributed by atoms with Crippen LogP contribution in [0.15, 0.2) is 12.2 Å². The summed E-state index contributed by atoms with van der Waals surface area (Å²) in [5, 5.41) is 8.62. The Morgan fingerprint density at radius 3 is 2.30 bits per heavy atom. The first kappa shape index (κ1) is 28.6. The molecule has 1 aliphatic rings. The van der Waals surface area contributed by atoms with Gasteiger partial charge in [-0.15, -0.1) is 0 Å². The highest BCUT2D eigenvalue weighted by molar-refractivity contribution is 5.94. The number of likely N-dealkylation sites (N-methyl/N-ethyl adjacent to an activating group) is 1. The van der Waals surface area contributed by atoms with E-state index >= 15 is 0 Å². The van der Waals surface area contributed by atoms with Crippen LogP contribution in [0.25, 0.3) is 0 Å². The molecule has 0 aromatic carbocycles. The molecular formula is C24H42N4O5. The molecule has 1 heterocycles. The summed E-state index contributed by atoms with van der Waals surface area (Å²) >= 11 is 0. The van der Waals surface area contributed by atoms with Crippen LogP contribution in [0.5, 0.6) is 0 Å². The molecule has 0 radical (unpaired) electrons. The molecular weight excluding hydrogens is 424 g/mol. The Bertz CT molecular complexity index is 709. The van der Waals surface area contributed by atoms with Crippen molar-refractivity contribution in [2.75, 3.05) is 20.7 Å². The third-order valence-electron chi connectivity index (χ3n) is 6.00.